The number of amides is 2. The van der Waals surface area contributed by atoms with E-state index >= 15 is 0 Å². The van der Waals surface area contributed by atoms with Crippen LogP contribution in [0.4, 0.5) is 5.13 Å². The number of rotatable bonds is 7. The quantitative estimate of drug-likeness (QED) is 0.526. The number of anilines is 1. The van der Waals surface area contributed by atoms with Gasteiger partial charge >= 0.3 is 0 Å². The Hall–Kier alpha value is -3.01. The number of sulfone groups is 1. The first-order valence-corrected chi connectivity index (χ1v) is 11.9. The van der Waals surface area contributed by atoms with Crippen LogP contribution in [0.15, 0.2) is 34.8 Å². The Morgan fingerprint density at radius 1 is 1.37 bits per heavy atom. The Morgan fingerprint density at radius 2 is 2.17 bits per heavy atom. The normalized spacial score (nSPS) is 11.9. The second-order valence-corrected chi connectivity index (χ2v) is 9.90. The average molecular weight is 465 g/mol. The van der Waals surface area contributed by atoms with E-state index in [0.717, 1.165) is 21.6 Å². The molecule has 0 aliphatic heterocycles. The molecule has 0 unspecified atom stereocenters. The van der Waals surface area contributed by atoms with Crippen LogP contribution in [0.1, 0.15) is 0 Å². The third-order valence-corrected chi connectivity index (χ3v) is 6.85. The number of carbonyl (C=O) groups excluding carboxylic acids is 2. The SMILES string of the molecule is C#CCn1c(=NC(=O)CS(=O)(=O)CC(=O)Nc2nccs2)sc2cc(OC)ccc21. The van der Waals surface area contributed by atoms with E-state index in [0.29, 0.717) is 5.75 Å². The maximum Gasteiger partial charge on any atom is 0.263 e. The molecule has 0 saturated heterocycles. The van der Waals surface area contributed by atoms with Gasteiger partial charge in [-0.3, -0.25) is 9.59 Å². The third kappa shape index (κ3) is 5.32. The molecule has 1 aromatic carbocycles. The van der Waals surface area contributed by atoms with E-state index in [-0.39, 0.29) is 16.5 Å². The van der Waals surface area contributed by atoms with Crippen LogP contribution in [-0.2, 0) is 26.0 Å². The van der Waals surface area contributed by atoms with Crippen molar-refractivity contribution in [2.75, 3.05) is 23.9 Å². The highest BCUT2D eigenvalue weighted by molar-refractivity contribution is 7.92. The van der Waals surface area contributed by atoms with Gasteiger partial charge in [-0.25, -0.2) is 13.4 Å². The predicted octanol–water partition coefficient (Wildman–Crippen LogP) is 1.28. The molecule has 0 radical (unpaired) electrons. The van der Waals surface area contributed by atoms with Gasteiger partial charge in [0.2, 0.25) is 5.91 Å². The molecule has 12 heteroatoms. The van der Waals surface area contributed by atoms with E-state index in [1.165, 1.54) is 24.6 Å². The number of nitrogens with zero attached hydrogens (tertiary/aromatic N) is 3. The number of benzene rings is 1. The first kappa shape index (κ1) is 21.7. The van der Waals surface area contributed by atoms with Crippen LogP contribution in [0.3, 0.4) is 0 Å². The van der Waals surface area contributed by atoms with Crippen molar-refractivity contribution in [2.45, 2.75) is 6.54 Å². The molecule has 0 aliphatic carbocycles. The summed E-state index contributed by atoms with van der Waals surface area (Å²) >= 11 is 2.34. The molecular weight excluding hydrogens is 448 g/mol. The van der Waals surface area contributed by atoms with Crippen LogP contribution in [0, 0.1) is 12.3 Å². The molecule has 156 valence electrons. The zero-order chi connectivity index (χ0) is 21.7. The zero-order valence-corrected chi connectivity index (χ0v) is 18.1. The Balaban J connectivity index is 1.81. The lowest BCUT2D eigenvalue weighted by molar-refractivity contribution is -0.115. The van der Waals surface area contributed by atoms with Crippen molar-refractivity contribution >= 4 is 59.7 Å². The van der Waals surface area contributed by atoms with Gasteiger partial charge in [-0.1, -0.05) is 17.3 Å². The minimum absolute atomic E-state index is 0.154. The molecule has 3 aromatic rings. The largest absolute Gasteiger partial charge is 0.497 e. The molecular formula is C18H16N4O5S3. The van der Waals surface area contributed by atoms with Crippen molar-refractivity contribution in [1.82, 2.24) is 9.55 Å². The van der Waals surface area contributed by atoms with Gasteiger partial charge in [-0.05, 0) is 18.2 Å². The molecule has 0 bridgehead atoms. The second kappa shape index (κ2) is 9.21. The molecule has 30 heavy (non-hydrogen) atoms. The number of fused-ring (bicyclic) bond motifs is 1. The first-order chi connectivity index (χ1) is 14.3. The summed E-state index contributed by atoms with van der Waals surface area (Å²) in [5.74, 6) is -0.281. The molecule has 0 aliphatic rings. The topological polar surface area (TPSA) is 120 Å². The van der Waals surface area contributed by atoms with Crippen LogP contribution in [0.25, 0.3) is 10.2 Å². The van der Waals surface area contributed by atoms with Gasteiger partial charge in [0.15, 0.2) is 19.8 Å². The molecule has 0 spiro atoms. The van der Waals surface area contributed by atoms with Crippen LogP contribution in [0.5, 0.6) is 5.75 Å². The van der Waals surface area contributed by atoms with Gasteiger partial charge in [0.1, 0.15) is 17.3 Å². The molecule has 0 fully saturated rings. The fourth-order valence-electron chi connectivity index (χ4n) is 2.53. The number of ether oxygens (including phenoxy) is 1. The number of terminal acetylenes is 1. The summed E-state index contributed by atoms with van der Waals surface area (Å²) in [6, 6.07) is 5.31. The average Bonchev–Trinajstić information content (AvgIpc) is 3.28. The molecule has 9 nitrogen and oxygen atoms in total. The van der Waals surface area contributed by atoms with Crippen molar-refractivity contribution < 1.29 is 22.7 Å². The highest BCUT2D eigenvalue weighted by atomic mass is 32.2. The van der Waals surface area contributed by atoms with E-state index in [9.17, 15) is 18.0 Å². The van der Waals surface area contributed by atoms with Crippen LogP contribution in [-0.4, -0.2) is 48.4 Å². The number of hydrogen-bond acceptors (Lipinski definition) is 8. The molecule has 2 amide bonds. The molecule has 0 atom stereocenters. The third-order valence-electron chi connectivity index (χ3n) is 3.73. The van der Waals surface area contributed by atoms with Gasteiger partial charge in [0, 0.05) is 11.6 Å². The Morgan fingerprint density at radius 3 is 2.83 bits per heavy atom. The van der Waals surface area contributed by atoms with Crippen LogP contribution in [0.2, 0.25) is 0 Å². The van der Waals surface area contributed by atoms with E-state index in [1.54, 1.807) is 28.1 Å². The van der Waals surface area contributed by atoms with E-state index in [2.05, 4.69) is 21.2 Å². The maximum atomic E-state index is 12.3. The fraction of sp³-hybridized carbons (Fsp3) is 0.222. The number of hydrogen-bond donors (Lipinski definition) is 1. The first-order valence-electron chi connectivity index (χ1n) is 8.39. The Labute approximate surface area is 180 Å². The minimum atomic E-state index is -4.01. The Kier molecular flexibility index (Phi) is 6.66. The van der Waals surface area contributed by atoms with Gasteiger partial charge < -0.3 is 14.6 Å². The van der Waals surface area contributed by atoms with E-state index < -0.39 is 33.2 Å². The van der Waals surface area contributed by atoms with Crippen molar-refractivity contribution in [3.63, 3.8) is 0 Å². The number of nitrogens with one attached hydrogen (secondary N) is 1. The predicted molar refractivity (Wildman–Crippen MR) is 115 cm³/mol. The van der Waals surface area contributed by atoms with Crippen molar-refractivity contribution in [3.05, 3.63) is 34.6 Å². The summed E-state index contributed by atoms with van der Waals surface area (Å²) in [7, 11) is -2.48. The summed E-state index contributed by atoms with van der Waals surface area (Å²) in [6.07, 6.45) is 6.89. The summed E-state index contributed by atoms with van der Waals surface area (Å²) in [6.45, 7) is 0.154. The lowest BCUT2D eigenvalue weighted by Crippen LogP contribution is -2.28. The number of thiazole rings is 2. The highest BCUT2D eigenvalue weighted by Crippen LogP contribution is 2.23. The molecule has 0 saturated carbocycles. The standard InChI is InChI=1S/C18H16N4O5S3/c1-3-7-22-13-5-4-12(27-2)9-14(13)29-18(22)21-16(24)11-30(25,26)10-15(23)20-17-19-6-8-28-17/h1,4-6,8-9H,7,10-11H2,2H3,(H,19,20,23). The molecule has 2 aromatic heterocycles. The highest BCUT2D eigenvalue weighted by Gasteiger charge is 2.21. The lowest BCUT2D eigenvalue weighted by atomic mass is 10.3. The molecule has 2 heterocycles. The van der Waals surface area contributed by atoms with E-state index in [4.69, 9.17) is 11.2 Å². The summed E-state index contributed by atoms with van der Waals surface area (Å²) in [4.78, 5) is 32.2. The fourth-order valence-corrected chi connectivity index (χ4v) is 5.16. The monoisotopic (exact) mass is 464 g/mol. The zero-order valence-electron chi connectivity index (χ0n) is 15.7. The summed E-state index contributed by atoms with van der Waals surface area (Å²) in [5.41, 5.74) is 0.746. The Bertz CT molecular complexity index is 1300. The summed E-state index contributed by atoms with van der Waals surface area (Å²) in [5, 5.41) is 4.28. The number of methoxy groups -OCH3 is 1. The van der Waals surface area contributed by atoms with Crippen LogP contribution >= 0.6 is 22.7 Å². The van der Waals surface area contributed by atoms with Gasteiger partial charge in [0.25, 0.3) is 5.91 Å². The molecule has 1 N–H and O–H groups in total. The number of carbonyl (C=O) groups is 2. The van der Waals surface area contributed by atoms with E-state index in [1.807, 2.05) is 0 Å². The lowest BCUT2D eigenvalue weighted by Gasteiger charge is -2.03. The smallest absolute Gasteiger partial charge is 0.263 e. The minimum Gasteiger partial charge on any atom is -0.497 e. The van der Waals surface area contributed by atoms with Crippen molar-refractivity contribution in [3.8, 4) is 18.1 Å². The second-order valence-electron chi connectivity index (χ2n) is 5.93. The number of aromatic nitrogens is 2. The van der Waals surface area contributed by atoms with Crippen molar-refractivity contribution in [2.24, 2.45) is 4.99 Å². The van der Waals surface area contributed by atoms with Crippen LogP contribution < -0.4 is 14.9 Å². The van der Waals surface area contributed by atoms with Crippen molar-refractivity contribution in [1.29, 1.82) is 0 Å². The van der Waals surface area contributed by atoms with Gasteiger partial charge in [-0.2, -0.15) is 4.99 Å². The van der Waals surface area contributed by atoms with Gasteiger partial charge in [0.05, 0.1) is 23.9 Å². The summed E-state index contributed by atoms with van der Waals surface area (Å²) < 4.78 is 32.1. The van der Waals surface area contributed by atoms with Gasteiger partial charge in [-0.15, -0.1) is 17.8 Å². The molecule has 3 rings (SSSR count). The maximum absolute atomic E-state index is 12.3.